The number of ether oxygens (including phenoxy) is 1. The van der Waals surface area contributed by atoms with E-state index in [0.29, 0.717) is 25.3 Å². The van der Waals surface area contributed by atoms with Gasteiger partial charge in [0.25, 0.3) is 0 Å². The summed E-state index contributed by atoms with van der Waals surface area (Å²) in [5.41, 5.74) is 5.12. The van der Waals surface area contributed by atoms with E-state index in [2.05, 4.69) is 42.4 Å². The topological polar surface area (TPSA) is 55.4 Å². The fraction of sp³-hybridized carbons (Fsp3) is 0.333. The van der Waals surface area contributed by atoms with E-state index in [-0.39, 0.29) is 11.7 Å². The predicted octanol–water partition coefficient (Wildman–Crippen LogP) is 6.90. The zero-order valence-electron chi connectivity index (χ0n) is 21.5. The molecule has 0 atom stereocenters. The maximum Gasteiger partial charge on any atom is 0.221 e. The Morgan fingerprint density at radius 2 is 1.56 bits per heavy atom. The van der Waals surface area contributed by atoms with Gasteiger partial charge >= 0.3 is 0 Å². The number of aryl methyl sites for hydroxylation is 1. The molecule has 0 heterocycles. The summed E-state index contributed by atoms with van der Waals surface area (Å²) in [5, 5.41) is 2.65. The van der Waals surface area contributed by atoms with Gasteiger partial charge in [-0.2, -0.15) is 0 Å². The number of carbonyl (C=O) groups is 2. The average Bonchev–Trinajstić information content (AvgIpc) is 2.85. The normalized spacial score (nSPS) is 10.3. The van der Waals surface area contributed by atoms with Crippen LogP contribution in [-0.2, 0) is 9.53 Å². The van der Waals surface area contributed by atoms with Crippen molar-refractivity contribution in [2.45, 2.75) is 54.4 Å². The van der Waals surface area contributed by atoms with Crippen LogP contribution >= 0.6 is 0 Å². The first-order chi connectivity index (χ1) is 16.4. The van der Waals surface area contributed by atoms with Crippen LogP contribution in [0.15, 0.2) is 72.5 Å². The van der Waals surface area contributed by atoms with Gasteiger partial charge in [0.15, 0.2) is 5.78 Å². The summed E-state index contributed by atoms with van der Waals surface area (Å²) in [6.45, 7) is 12.4. The molecule has 2 aromatic carbocycles. The minimum absolute atomic E-state index is 0.120. The first-order valence-electron chi connectivity index (χ1n) is 11.8. The zero-order valence-corrected chi connectivity index (χ0v) is 21.5. The van der Waals surface area contributed by atoms with E-state index in [1.54, 1.807) is 18.2 Å². The number of ketones is 1. The maximum atomic E-state index is 11.7. The van der Waals surface area contributed by atoms with Gasteiger partial charge in [-0.25, -0.2) is 0 Å². The summed E-state index contributed by atoms with van der Waals surface area (Å²) < 4.78 is 5.16. The van der Waals surface area contributed by atoms with Crippen LogP contribution < -0.4 is 5.32 Å². The molecule has 4 heteroatoms. The zero-order chi connectivity index (χ0) is 25.8. The van der Waals surface area contributed by atoms with Gasteiger partial charge in [-0.1, -0.05) is 86.9 Å². The van der Waals surface area contributed by atoms with E-state index in [0.717, 1.165) is 17.5 Å². The molecule has 2 aromatic rings. The third-order valence-electron chi connectivity index (χ3n) is 4.36. The molecule has 0 bridgehead atoms. The second kappa shape index (κ2) is 19.1. The molecule has 0 unspecified atom stereocenters. The number of terminal acetylenes is 1. The first kappa shape index (κ1) is 30.6. The fourth-order valence-electron chi connectivity index (χ4n) is 2.75. The largest absolute Gasteiger partial charge is 0.376 e. The fourth-order valence-corrected chi connectivity index (χ4v) is 2.75. The molecular formula is C30H39NO3. The summed E-state index contributed by atoms with van der Waals surface area (Å²) >= 11 is 0. The molecule has 34 heavy (non-hydrogen) atoms. The lowest BCUT2D eigenvalue weighted by atomic mass is 10.0. The molecule has 1 amide bonds. The minimum Gasteiger partial charge on any atom is -0.376 e. The van der Waals surface area contributed by atoms with Gasteiger partial charge in [-0.3, -0.25) is 9.59 Å². The Bertz CT molecular complexity index is 946. The first-order valence-corrected chi connectivity index (χ1v) is 11.8. The predicted molar refractivity (Wildman–Crippen MR) is 144 cm³/mol. The summed E-state index contributed by atoms with van der Waals surface area (Å²) in [7, 11) is 0. The quantitative estimate of drug-likeness (QED) is 0.251. The van der Waals surface area contributed by atoms with Crippen molar-refractivity contribution in [2.75, 3.05) is 13.2 Å². The molecule has 0 radical (unpaired) electrons. The number of nitrogens with one attached hydrogen (secondary N) is 1. The lowest BCUT2D eigenvalue weighted by Gasteiger charge is -2.06. The Morgan fingerprint density at radius 1 is 1.00 bits per heavy atom. The number of carbonyl (C=O) groups excluding carboxylic acids is 2. The Labute approximate surface area is 206 Å². The molecule has 2 rings (SSSR count). The lowest BCUT2D eigenvalue weighted by Crippen LogP contribution is -2.22. The molecule has 182 valence electrons. The summed E-state index contributed by atoms with van der Waals surface area (Å²) in [6.07, 6.45) is 11.5. The van der Waals surface area contributed by atoms with Crippen molar-refractivity contribution < 1.29 is 14.3 Å². The van der Waals surface area contributed by atoms with Gasteiger partial charge in [-0.15, -0.1) is 6.42 Å². The molecule has 0 aromatic heterocycles. The van der Waals surface area contributed by atoms with Crippen molar-refractivity contribution in [2.24, 2.45) is 0 Å². The Kier molecular flexibility index (Phi) is 17.2. The van der Waals surface area contributed by atoms with E-state index < -0.39 is 0 Å². The second-order valence-corrected chi connectivity index (χ2v) is 7.15. The SMILES string of the molecule is C#C/C=C\C=C(/COCC)NC(C)=O.CC.CCCC(=O)c1ccc(-c2ccc(C)cc2)cc1. The summed E-state index contributed by atoms with van der Waals surface area (Å²) in [4.78, 5) is 22.5. The molecule has 0 aliphatic rings. The maximum absolute atomic E-state index is 11.7. The monoisotopic (exact) mass is 461 g/mol. The van der Waals surface area contributed by atoms with Crippen LogP contribution in [0.2, 0.25) is 0 Å². The smallest absolute Gasteiger partial charge is 0.221 e. The van der Waals surface area contributed by atoms with Crippen molar-refractivity contribution in [3.63, 3.8) is 0 Å². The van der Waals surface area contributed by atoms with Crippen LogP contribution in [-0.4, -0.2) is 24.9 Å². The van der Waals surface area contributed by atoms with Gasteiger partial charge in [0.1, 0.15) is 0 Å². The Hall–Kier alpha value is -3.42. The average molecular weight is 462 g/mol. The van der Waals surface area contributed by atoms with Gasteiger partial charge in [-0.05, 0) is 43.5 Å². The van der Waals surface area contributed by atoms with Crippen LogP contribution in [0.1, 0.15) is 63.4 Å². The highest BCUT2D eigenvalue weighted by molar-refractivity contribution is 5.96. The van der Waals surface area contributed by atoms with Crippen molar-refractivity contribution in [1.29, 1.82) is 0 Å². The molecule has 0 fully saturated rings. The van der Waals surface area contributed by atoms with Gasteiger partial charge in [0.2, 0.25) is 5.91 Å². The number of allylic oxidation sites excluding steroid dienone is 3. The van der Waals surface area contributed by atoms with Crippen LogP contribution in [0.3, 0.4) is 0 Å². The third-order valence-corrected chi connectivity index (χ3v) is 4.36. The number of benzene rings is 2. The Morgan fingerprint density at radius 3 is 2.03 bits per heavy atom. The molecule has 0 aliphatic heterocycles. The second-order valence-electron chi connectivity index (χ2n) is 7.15. The van der Waals surface area contributed by atoms with Crippen LogP contribution in [0, 0.1) is 19.3 Å². The highest BCUT2D eigenvalue weighted by Gasteiger charge is 2.04. The minimum atomic E-state index is -0.120. The number of amides is 1. The van der Waals surface area contributed by atoms with E-state index >= 15 is 0 Å². The molecule has 4 nitrogen and oxygen atoms in total. The number of hydrogen-bond acceptors (Lipinski definition) is 3. The van der Waals surface area contributed by atoms with Crippen molar-refractivity contribution in [3.05, 3.63) is 83.6 Å². The summed E-state index contributed by atoms with van der Waals surface area (Å²) in [6, 6.07) is 16.3. The Balaban J connectivity index is 0.000000617. The number of hydrogen-bond donors (Lipinski definition) is 1. The van der Waals surface area contributed by atoms with Crippen LogP contribution in [0.5, 0.6) is 0 Å². The lowest BCUT2D eigenvalue weighted by molar-refractivity contribution is -0.118. The molecule has 0 spiro atoms. The molecule has 1 N–H and O–H groups in total. The van der Waals surface area contributed by atoms with Crippen molar-refractivity contribution in [1.82, 2.24) is 5.32 Å². The third kappa shape index (κ3) is 13.2. The molecule has 0 saturated carbocycles. The highest BCUT2D eigenvalue weighted by Crippen LogP contribution is 2.20. The van der Waals surface area contributed by atoms with Crippen molar-refractivity contribution in [3.8, 4) is 23.5 Å². The van der Waals surface area contributed by atoms with Gasteiger partial charge in [0, 0.05) is 31.2 Å². The van der Waals surface area contributed by atoms with E-state index in [1.165, 1.54) is 18.1 Å². The van der Waals surface area contributed by atoms with Gasteiger partial charge in [0.05, 0.1) is 6.61 Å². The van der Waals surface area contributed by atoms with E-state index in [4.69, 9.17) is 11.2 Å². The summed E-state index contributed by atoms with van der Waals surface area (Å²) in [5.74, 6) is 2.46. The van der Waals surface area contributed by atoms with Crippen LogP contribution in [0.4, 0.5) is 0 Å². The number of Topliss-reactive ketones (excluding diaryl/α,β-unsaturated/α-hetero) is 1. The molecule has 0 aliphatic carbocycles. The highest BCUT2D eigenvalue weighted by atomic mass is 16.5. The number of rotatable bonds is 9. The standard InChI is InChI=1S/C17H18O.C11H15NO2.C2H6/c1-3-4-17(18)16-11-9-15(10-12-16)14-7-5-13(2)6-8-14;1-4-6-7-8-11(9-14-5-2)12-10(3)13;1-2/h5-12H,3-4H2,1-2H3;1,6-8H,5,9H2,2-3H3,(H,12,13);1-2H3/b;7-6-,11-8+;. The van der Waals surface area contributed by atoms with Gasteiger partial charge < -0.3 is 10.1 Å². The van der Waals surface area contributed by atoms with Crippen LogP contribution in [0.25, 0.3) is 11.1 Å². The molecular weight excluding hydrogens is 422 g/mol. The van der Waals surface area contributed by atoms with E-state index in [1.807, 2.05) is 52.0 Å². The van der Waals surface area contributed by atoms with Crippen molar-refractivity contribution >= 4 is 11.7 Å². The van der Waals surface area contributed by atoms with E-state index in [9.17, 15) is 9.59 Å². The molecule has 0 saturated heterocycles.